The van der Waals surface area contributed by atoms with Gasteiger partial charge in [-0.1, -0.05) is 18.6 Å². The first-order chi connectivity index (χ1) is 8.11. The third kappa shape index (κ3) is 5.32. The van der Waals surface area contributed by atoms with E-state index in [1.54, 1.807) is 6.08 Å². The fourth-order valence-electron chi connectivity index (χ4n) is 1.34. The SMILES string of the molecule is CCCCN=C1C=C(CCC(=O)O)NN(N)N1. The Kier molecular flexibility index (Phi) is 5.44. The molecule has 17 heavy (non-hydrogen) atoms. The number of nitrogens with one attached hydrogen (secondary N) is 2. The molecule has 0 fully saturated rings. The fraction of sp³-hybridized carbons (Fsp3) is 0.600. The molecule has 0 amide bonds. The zero-order valence-electron chi connectivity index (χ0n) is 9.94. The predicted molar refractivity (Wildman–Crippen MR) is 64.5 cm³/mol. The molecular formula is C10H19N5O2. The molecule has 0 spiro atoms. The molecule has 0 aliphatic carbocycles. The number of hydrazine groups is 3. The summed E-state index contributed by atoms with van der Waals surface area (Å²) < 4.78 is 0. The van der Waals surface area contributed by atoms with E-state index in [9.17, 15) is 4.79 Å². The molecule has 0 aromatic rings. The van der Waals surface area contributed by atoms with Crippen molar-refractivity contribution in [2.45, 2.75) is 32.6 Å². The van der Waals surface area contributed by atoms with Gasteiger partial charge in [-0.3, -0.25) is 20.6 Å². The lowest BCUT2D eigenvalue weighted by molar-refractivity contribution is -0.137. The summed E-state index contributed by atoms with van der Waals surface area (Å²) in [5.74, 6) is 5.39. The van der Waals surface area contributed by atoms with Crippen LogP contribution in [0.5, 0.6) is 0 Å². The molecule has 1 aliphatic heterocycles. The fourth-order valence-corrected chi connectivity index (χ4v) is 1.34. The molecule has 96 valence electrons. The summed E-state index contributed by atoms with van der Waals surface area (Å²) in [7, 11) is 0. The van der Waals surface area contributed by atoms with Crippen LogP contribution < -0.4 is 16.7 Å². The van der Waals surface area contributed by atoms with Crippen molar-refractivity contribution in [3.63, 3.8) is 0 Å². The van der Waals surface area contributed by atoms with Crippen LogP contribution in [0.3, 0.4) is 0 Å². The Morgan fingerprint density at radius 3 is 3.00 bits per heavy atom. The maximum absolute atomic E-state index is 10.5. The molecule has 7 heteroatoms. The summed E-state index contributed by atoms with van der Waals surface area (Å²) >= 11 is 0. The minimum Gasteiger partial charge on any atom is -0.481 e. The molecule has 0 aromatic carbocycles. The summed E-state index contributed by atoms with van der Waals surface area (Å²) in [4.78, 5) is 14.8. The van der Waals surface area contributed by atoms with E-state index in [0.29, 0.717) is 12.3 Å². The lowest BCUT2D eigenvalue weighted by atomic mass is 10.2. The van der Waals surface area contributed by atoms with Crippen molar-refractivity contribution in [1.29, 1.82) is 0 Å². The van der Waals surface area contributed by atoms with Gasteiger partial charge in [0.2, 0.25) is 0 Å². The number of unbranched alkanes of at least 4 members (excludes halogenated alkanes) is 1. The van der Waals surface area contributed by atoms with Crippen LogP contribution in [0.25, 0.3) is 0 Å². The molecule has 1 heterocycles. The second-order valence-electron chi connectivity index (χ2n) is 3.78. The molecule has 0 atom stereocenters. The van der Waals surface area contributed by atoms with Crippen LogP contribution in [0.15, 0.2) is 16.8 Å². The monoisotopic (exact) mass is 241 g/mol. The van der Waals surface area contributed by atoms with Gasteiger partial charge in [0, 0.05) is 18.3 Å². The number of carboxylic acid groups (broad SMARTS) is 1. The van der Waals surface area contributed by atoms with Crippen molar-refractivity contribution in [3.05, 3.63) is 11.8 Å². The number of rotatable bonds is 6. The van der Waals surface area contributed by atoms with E-state index in [0.717, 1.165) is 25.1 Å². The quantitative estimate of drug-likeness (QED) is 0.389. The number of hydrogen-bond donors (Lipinski definition) is 4. The second-order valence-corrected chi connectivity index (χ2v) is 3.78. The van der Waals surface area contributed by atoms with Gasteiger partial charge in [0.15, 0.2) is 0 Å². The first kappa shape index (κ1) is 13.5. The summed E-state index contributed by atoms with van der Waals surface area (Å²) in [6.07, 6.45) is 4.34. The molecule has 1 aliphatic rings. The van der Waals surface area contributed by atoms with E-state index >= 15 is 0 Å². The van der Waals surface area contributed by atoms with E-state index in [4.69, 9.17) is 10.9 Å². The number of hydrogen-bond acceptors (Lipinski definition) is 5. The van der Waals surface area contributed by atoms with E-state index in [1.165, 1.54) is 5.23 Å². The average molecular weight is 241 g/mol. The first-order valence-corrected chi connectivity index (χ1v) is 5.66. The average Bonchev–Trinajstić information content (AvgIpc) is 2.26. The van der Waals surface area contributed by atoms with Crippen LogP contribution >= 0.6 is 0 Å². The van der Waals surface area contributed by atoms with Crippen LogP contribution in [-0.2, 0) is 4.79 Å². The zero-order chi connectivity index (χ0) is 12.7. The third-order valence-corrected chi connectivity index (χ3v) is 2.21. The number of allylic oxidation sites excluding steroid dienone is 1. The van der Waals surface area contributed by atoms with Gasteiger partial charge in [0.1, 0.15) is 5.84 Å². The summed E-state index contributed by atoms with van der Waals surface area (Å²) in [5.41, 5.74) is 6.37. The van der Waals surface area contributed by atoms with E-state index in [2.05, 4.69) is 22.8 Å². The lowest BCUT2D eigenvalue weighted by Gasteiger charge is -2.26. The van der Waals surface area contributed by atoms with E-state index in [1.807, 2.05) is 0 Å². The number of amidine groups is 1. The van der Waals surface area contributed by atoms with Gasteiger partial charge in [-0.25, -0.2) is 5.84 Å². The number of aliphatic imine (C=N–C) groups is 1. The third-order valence-electron chi connectivity index (χ3n) is 2.21. The number of carboxylic acids is 1. The van der Waals surface area contributed by atoms with Gasteiger partial charge in [0.25, 0.3) is 0 Å². The zero-order valence-corrected chi connectivity index (χ0v) is 9.94. The predicted octanol–water partition coefficient (Wildman–Crippen LogP) is 0.132. The minimum absolute atomic E-state index is 0.0644. The van der Waals surface area contributed by atoms with Crippen LogP contribution in [0.2, 0.25) is 0 Å². The summed E-state index contributed by atoms with van der Waals surface area (Å²) in [6, 6.07) is 0. The van der Waals surface area contributed by atoms with Crippen molar-refractivity contribution in [1.82, 2.24) is 16.1 Å². The van der Waals surface area contributed by atoms with E-state index in [-0.39, 0.29) is 6.42 Å². The second kappa shape index (κ2) is 6.87. The topological polar surface area (TPSA) is 103 Å². The maximum Gasteiger partial charge on any atom is 0.303 e. The maximum atomic E-state index is 10.5. The Labute approximate surface area is 100 Å². The molecule has 0 unspecified atom stereocenters. The molecule has 0 bridgehead atoms. The van der Waals surface area contributed by atoms with Gasteiger partial charge in [0.05, 0.1) is 6.42 Å². The number of carbonyl (C=O) groups is 1. The van der Waals surface area contributed by atoms with Crippen LogP contribution in [0.1, 0.15) is 32.6 Å². The van der Waals surface area contributed by atoms with E-state index < -0.39 is 5.97 Å². The Bertz CT molecular complexity index is 327. The van der Waals surface area contributed by atoms with Crippen molar-refractivity contribution in [2.24, 2.45) is 10.8 Å². The number of aliphatic carboxylic acids is 1. The molecule has 0 radical (unpaired) electrons. The summed E-state index contributed by atoms with van der Waals surface area (Å²) in [5, 5.41) is 9.79. The largest absolute Gasteiger partial charge is 0.481 e. The highest BCUT2D eigenvalue weighted by molar-refractivity contribution is 5.93. The van der Waals surface area contributed by atoms with Gasteiger partial charge in [-0.2, -0.15) is 0 Å². The van der Waals surface area contributed by atoms with Gasteiger partial charge >= 0.3 is 5.97 Å². The number of nitrogens with two attached hydrogens (primary N) is 1. The molecule has 7 nitrogen and oxygen atoms in total. The molecule has 0 saturated carbocycles. The summed E-state index contributed by atoms with van der Waals surface area (Å²) in [6.45, 7) is 2.83. The van der Waals surface area contributed by atoms with Crippen molar-refractivity contribution in [3.8, 4) is 0 Å². The van der Waals surface area contributed by atoms with Gasteiger partial charge < -0.3 is 5.11 Å². The Morgan fingerprint density at radius 1 is 1.59 bits per heavy atom. The first-order valence-electron chi connectivity index (χ1n) is 5.66. The molecule has 1 rings (SSSR count). The minimum atomic E-state index is -0.834. The standard InChI is InChI=1S/C10H19N5O2/c1-2-3-6-12-9-7-8(4-5-10(16)17)13-15(11)14-9/h7,13H,2-6,11H2,1H3,(H,12,14)(H,16,17). The Morgan fingerprint density at radius 2 is 2.35 bits per heavy atom. The Hall–Kier alpha value is -1.60. The van der Waals surface area contributed by atoms with Crippen molar-refractivity contribution in [2.75, 3.05) is 6.54 Å². The highest BCUT2D eigenvalue weighted by Gasteiger charge is 2.12. The Balaban J connectivity index is 2.56. The molecular weight excluding hydrogens is 222 g/mol. The smallest absolute Gasteiger partial charge is 0.303 e. The van der Waals surface area contributed by atoms with Crippen LogP contribution in [0, 0.1) is 0 Å². The highest BCUT2D eigenvalue weighted by Crippen LogP contribution is 2.05. The number of nitrogens with zero attached hydrogens (tertiary/aromatic N) is 2. The van der Waals surface area contributed by atoms with Crippen LogP contribution in [-0.4, -0.2) is 28.7 Å². The van der Waals surface area contributed by atoms with Crippen molar-refractivity contribution >= 4 is 11.8 Å². The van der Waals surface area contributed by atoms with Gasteiger partial charge in [-0.05, 0) is 12.8 Å². The van der Waals surface area contributed by atoms with Gasteiger partial charge in [-0.15, -0.1) is 0 Å². The van der Waals surface area contributed by atoms with Crippen molar-refractivity contribution < 1.29 is 9.90 Å². The molecule has 0 saturated heterocycles. The molecule has 0 aromatic heterocycles. The molecule has 5 N–H and O–H groups in total. The normalized spacial score (nSPS) is 18.5. The van der Waals surface area contributed by atoms with Crippen LogP contribution in [0.4, 0.5) is 0 Å². The highest BCUT2D eigenvalue weighted by atomic mass is 16.4. The lowest BCUT2D eigenvalue weighted by Crippen LogP contribution is -2.57.